The van der Waals surface area contributed by atoms with Gasteiger partial charge in [0.25, 0.3) is 0 Å². The van der Waals surface area contributed by atoms with Gasteiger partial charge < -0.3 is 5.32 Å². The van der Waals surface area contributed by atoms with Crippen molar-refractivity contribution in [3.05, 3.63) is 95.6 Å². The van der Waals surface area contributed by atoms with Gasteiger partial charge in [0.2, 0.25) is 0 Å². The molecule has 1 aliphatic rings. The number of hydrogen-bond acceptors (Lipinski definition) is 1. The molecular weight excluding hydrogens is 266 g/mol. The Morgan fingerprint density at radius 3 is 2.27 bits per heavy atom. The van der Waals surface area contributed by atoms with E-state index >= 15 is 0 Å². The number of fused-ring (bicyclic) bond motifs is 3. The molecule has 0 saturated heterocycles. The summed E-state index contributed by atoms with van der Waals surface area (Å²) in [5.74, 6) is 0. The lowest BCUT2D eigenvalue weighted by atomic mass is 9.91. The second-order valence-corrected chi connectivity index (χ2v) is 5.87. The number of benzene rings is 3. The van der Waals surface area contributed by atoms with Gasteiger partial charge in [-0.05, 0) is 34.2 Å². The predicted molar refractivity (Wildman–Crippen MR) is 91.6 cm³/mol. The zero-order chi connectivity index (χ0) is 14.8. The van der Waals surface area contributed by atoms with E-state index in [4.69, 9.17) is 0 Å². The Hall–Kier alpha value is -2.38. The standard InChI is InChI=1S/C21H19N/c1-2-8-16(9-3-1)14-21-20-13-7-6-12-19(20)18-11-5-4-10-17(18)15-22-21/h1-13,21-22H,14-15H2. The summed E-state index contributed by atoms with van der Waals surface area (Å²) in [6.45, 7) is 0.919. The van der Waals surface area contributed by atoms with Crippen LogP contribution >= 0.6 is 0 Å². The highest BCUT2D eigenvalue weighted by molar-refractivity contribution is 5.72. The third-order valence-corrected chi connectivity index (χ3v) is 4.47. The van der Waals surface area contributed by atoms with Crippen molar-refractivity contribution in [3.8, 4) is 11.1 Å². The van der Waals surface area contributed by atoms with E-state index in [0.29, 0.717) is 6.04 Å². The zero-order valence-electron chi connectivity index (χ0n) is 12.5. The topological polar surface area (TPSA) is 12.0 Å². The summed E-state index contributed by atoms with van der Waals surface area (Å²) in [5, 5.41) is 3.74. The maximum Gasteiger partial charge on any atom is 0.0369 e. The average molecular weight is 285 g/mol. The fraction of sp³-hybridized carbons (Fsp3) is 0.143. The van der Waals surface area contributed by atoms with Crippen LogP contribution in [0.2, 0.25) is 0 Å². The van der Waals surface area contributed by atoms with E-state index in [1.54, 1.807) is 0 Å². The third kappa shape index (κ3) is 2.44. The van der Waals surface area contributed by atoms with Crippen molar-refractivity contribution in [2.75, 3.05) is 0 Å². The summed E-state index contributed by atoms with van der Waals surface area (Å²) < 4.78 is 0. The van der Waals surface area contributed by atoms with Crippen LogP contribution in [0.1, 0.15) is 22.7 Å². The van der Waals surface area contributed by atoms with Crippen LogP contribution in [0.4, 0.5) is 0 Å². The minimum atomic E-state index is 0.353. The molecule has 1 heterocycles. The SMILES string of the molecule is c1ccc(CC2NCc3ccccc3-c3ccccc32)cc1. The summed E-state index contributed by atoms with van der Waals surface area (Å²) in [4.78, 5) is 0. The predicted octanol–water partition coefficient (Wildman–Crippen LogP) is 4.74. The monoisotopic (exact) mass is 285 g/mol. The van der Waals surface area contributed by atoms with Gasteiger partial charge in [0.05, 0.1) is 0 Å². The molecule has 3 aromatic carbocycles. The molecule has 1 nitrogen and oxygen atoms in total. The molecule has 0 aliphatic carbocycles. The van der Waals surface area contributed by atoms with Crippen LogP contribution in [0.5, 0.6) is 0 Å². The van der Waals surface area contributed by atoms with E-state index in [2.05, 4.69) is 84.2 Å². The molecular formula is C21H19N. The molecule has 22 heavy (non-hydrogen) atoms. The maximum atomic E-state index is 3.74. The molecule has 0 amide bonds. The quantitative estimate of drug-likeness (QED) is 0.717. The molecule has 1 heteroatoms. The van der Waals surface area contributed by atoms with Gasteiger partial charge >= 0.3 is 0 Å². The lowest BCUT2D eigenvalue weighted by molar-refractivity contribution is 0.537. The molecule has 108 valence electrons. The van der Waals surface area contributed by atoms with E-state index in [1.807, 2.05) is 0 Å². The molecule has 0 spiro atoms. The second-order valence-electron chi connectivity index (χ2n) is 5.87. The second kappa shape index (κ2) is 5.78. The van der Waals surface area contributed by atoms with E-state index in [1.165, 1.54) is 27.8 Å². The molecule has 0 radical (unpaired) electrons. The molecule has 1 N–H and O–H groups in total. The first-order chi connectivity index (χ1) is 10.9. The summed E-state index contributed by atoms with van der Waals surface area (Å²) in [7, 11) is 0. The summed E-state index contributed by atoms with van der Waals surface area (Å²) in [6, 6.07) is 28.6. The number of nitrogens with one attached hydrogen (secondary N) is 1. The Morgan fingerprint density at radius 1 is 0.727 bits per heavy atom. The van der Waals surface area contributed by atoms with Gasteiger partial charge in [-0.3, -0.25) is 0 Å². The summed E-state index contributed by atoms with van der Waals surface area (Å²) >= 11 is 0. The molecule has 0 aromatic heterocycles. The van der Waals surface area contributed by atoms with Crippen molar-refractivity contribution in [1.82, 2.24) is 5.32 Å². The van der Waals surface area contributed by atoms with Crippen molar-refractivity contribution >= 4 is 0 Å². The highest BCUT2D eigenvalue weighted by Gasteiger charge is 2.21. The number of rotatable bonds is 2. The Balaban J connectivity index is 1.77. The lowest BCUT2D eigenvalue weighted by Gasteiger charge is -2.19. The lowest BCUT2D eigenvalue weighted by Crippen LogP contribution is -2.21. The van der Waals surface area contributed by atoms with Crippen molar-refractivity contribution < 1.29 is 0 Å². The van der Waals surface area contributed by atoms with Crippen molar-refractivity contribution in [2.45, 2.75) is 19.0 Å². The van der Waals surface area contributed by atoms with Crippen molar-refractivity contribution in [1.29, 1.82) is 0 Å². The van der Waals surface area contributed by atoms with Crippen LogP contribution < -0.4 is 5.32 Å². The molecule has 0 saturated carbocycles. The Morgan fingerprint density at radius 2 is 1.41 bits per heavy atom. The van der Waals surface area contributed by atoms with Gasteiger partial charge in [0, 0.05) is 12.6 Å². The van der Waals surface area contributed by atoms with Crippen LogP contribution in [0, 0.1) is 0 Å². The van der Waals surface area contributed by atoms with Crippen molar-refractivity contribution in [2.24, 2.45) is 0 Å². The maximum absolute atomic E-state index is 3.74. The van der Waals surface area contributed by atoms with E-state index in [0.717, 1.165) is 13.0 Å². The Labute approximate surface area is 131 Å². The van der Waals surface area contributed by atoms with Crippen LogP contribution in [-0.2, 0) is 13.0 Å². The molecule has 1 aliphatic heterocycles. The zero-order valence-corrected chi connectivity index (χ0v) is 12.5. The van der Waals surface area contributed by atoms with Crippen molar-refractivity contribution in [3.63, 3.8) is 0 Å². The summed E-state index contributed by atoms with van der Waals surface area (Å²) in [6.07, 6.45) is 1.02. The van der Waals surface area contributed by atoms with Crippen LogP contribution in [0.15, 0.2) is 78.9 Å². The van der Waals surface area contributed by atoms with Gasteiger partial charge in [0.1, 0.15) is 0 Å². The van der Waals surface area contributed by atoms with Gasteiger partial charge in [-0.25, -0.2) is 0 Å². The molecule has 0 bridgehead atoms. The molecule has 3 aromatic rings. The molecule has 0 fully saturated rings. The minimum Gasteiger partial charge on any atom is -0.306 e. The highest BCUT2D eigenvalue weighted by Crippen LogP contribution is 2.35. The van der Waals surface area contributed by atoms with Crippen LogP contribution in [0.3, 0.4) is 0 Å². The smallest absolute Gasteiger partial charge is 0.0369 e. The fourth-order valence-corrected chi connectivity index (χ4v) is 3.36. The summed E-state index contributed by atoms with van der Waals surface area (Å²) in [5.41, 5.74) is 6.88. The Kier molecular flexibility index (Phi) is 3.49. The first-order valence-electron chi connectivity index (χ1n) is 7.86. The van der Waals surface area contributed by atoms with Gasteiger partial charge in [0.15, 0.2) is 0 Å². The molecule has 1 atom stereocenters. The fourth-order valence-electron chi connectivity index (χ4n) is 3.36. The Bertz CT molecular complexity index is 777. The van der Waals surface area contributed by atoms with E-state index in [-0.39, 0.29) is 0 Å². The average Bonchev–Trinajstić information content (AvgIpc) is 2.74. The first-order valence-corrected chi connectivity index (χ1v) is 7.86. The normalized spacial score (nSPS) is 16.5. The molecule has 1 unspecified atom stereocenters. The first kappa shape index (κ1) is 13.3. The van der Waals surface area contributed by atoms with E-state index < -0.39 is 0 Å². The minimum absolute atomic E-state index is 0.353. The van der Waals surface area contributed by atoms with E-state index in [9.17, 15) is 0 Å². The molecule has 4 rings (SSSR count). The van der Waals surface area contributed by atoms with Crippen LogP contribution in [-0.4, -0.2) is 0 Å². The van der Waals surface area contributed by atoms with Gasteiger partial charge in [-0.15, -0.1) is 0 Å². The highest BCUT2D eigenvalue weighted by atomic mass is 14.9. The largest absolute Gasteiger partial charge is 0.306 e. The van der Waals surface area contributed by atoms with Crippen LogP contribution in [0.25, 0.3) is 11.1 Å². The third-order valence-electron chi connectivity index (χ3n) is 4.47. The van der Waals surface area contributed by atoms with Gasteiger partial charge in [-0.1, -0.05) is 78.9 Å². The number of hydrogen-bond donors (Lipinski definition) is 1. The van der Waals surface area contributed by atoms with Gasteiger partial charge in [-0.2, -0.15) is 0 Å².